The van der Waals surface area contributed by atoms with Crippen molar-refractivity contribution in [3.63, 3.8) is 0 Å². The third-order valence-corrected chi connectivity index (χ3v) is 4.50. The summed E-state index contributed by atoms with van der Waals surface area (Å²) in [7, 11) is 1.34. The molecule has 6 nitrogen and oxygen atoms in total. The number of nitrogens with one attached hydrogen (secondary N) is 2. The Balaban J connectivity index is 1.75. The molecule has 3 aromatic rings. The average Bonchev–Trinajstić information content (AvgIpc) is 2.70. The summed E-state index contributed by atoms with van der Waals surface area (Å²) in [4.78, 5) is 28.4. The fraction of sp³-hybridized carbons (Fsp3) is 0.174. The molecular formula is C23H23N3O3. The Morgan fingerprint density at radius 1 is 0.897 bits per heavy atom. The highest BCUT2D eigenvalue weighted by Crippen LogP contribution is 2.23. The zero-order valence-electron chi connectivity index (χ0n) is 16.9. The molecule has 0 atom stereocenters. The molecule has 0 unspecified atom stereocenters. The molecular weight excluding hydrogens is 366 g/mol. The van der Waals surface area contributed by atoms with Crippen molar-refractivity contribution in [3.8, 4) is 0 Å². The fourth-order valence-electron chi connectivity index (χ4n) is 3.16. The standard InChI is InChI=1S/C23H23N3O3/c1-14-11-15(2)21(16(3)12-14)26-22(27)20-13-19(9-10-24-20)25-18-7-5-17(6-8-18)23(28)29-4/h5-13H,1-4H3,(H,24,25)(H,26,27). The number of pyridine rings is 1. The molecule has 6 heteroatoms. The highest BCUT2D eigenvalue weighted by Gasteiger charge is 2.12. The third-order valence-electron chi connectivity index (χ3n) is 4.50. The number of aromatic nitrogens is 1. The smallest absolute Gasteiger partial charge is 0.337 e. The van der Waals surface area contributed by atoms with Gasteiger partial charge in [0.05, 0.1) is 12.7 Å². The number of carbonyl (C=O) groups is 2. The van der Waals surface area contributed by atoms with Crippen molar-refractivity contribution in [2.75, 3.05) is 17.7 Å². The molecule has 0 spiro atoms. The Morgan fingerprint density at radius 2 is 1.55 bits per heavy atom. The van der Waals surface area contributed by atoms with Gasteiger partial charge in [0, 0.05) is 23.3 Å². The van der Waals surface area contributed by atoms with Crippen LogP contribution in [-0.2, 0) is 4.74 Å². The van der Waals surface area contributed by atoms with Crippen molar-refractivity contribution >= 4 is 28.9 Å². The number of benzene rings is 2. The van der Waals surface area contributed by atoms with Crippen LogP contribution in [0.2, 0.25) is 0 Å². The topological polar surface area (TPSA) is 80.3 Å². The summed E-state index contributed by atoms with van der Waals surface area (Å²) in [6.45, 7) is 5.97. The van der Waals surface area contributed by atoms with E-state index in [1.807, 2.05) is 32.9 Å². The van der Waals surface area contributed by atoms with Gasteiger partial charge in [-0.2, -0.15) is 0 Å². The number of esters is 1. The van der Waals surface area contributed by atoms with Gasteiger partial charge in [0.25, 0.3) is 5.91 Å². The van der Waals surface area contributed by atoms with E-state index in [1.54, 1.807) is 42.6 Å². The number of rotatable bonds is 5. The van der Waals surface area contributed by atoms with E-state index in [1.165, 1.54) is 7.11 Å². The van der Waals surface area contributed by atoms with Gasteiger partial charge in [-0.15, -0.1) is 0 Å². The maximum Gasteiger partial charge on any atom is 0.337 e. The van der Waals surface area contributed by atoms with E-state index in [9.17, 15) is 9.59 Å². The third kappa shape index (κ3) is 4.79. The van der Waals surface area contributed by atoms with Gasteiger partial charge in [-0.05, 0) is 68.3 Å². The Morgan fingerprint density at radius 3 is 2.17 bits per heavy atom. The normalized spacial score (nSPS) is 10.3. The van der Waals surface area contributed by atoms with Crippen molar-refractivity contribution in [2.45, 2.75) is 20.8 Å². The summed E-state index contributed by atoms with van der Waals surface area (Å²) >= 11 is 0. The molecule has 0 aliphatic rings. The highest BCUT2D eigenvalue weighted by molar-refractivity contribution is 6.04. The van der Waals surface area contributed by atoms with Crippen LogP contribution >= 0.6 is 0 Å². The number of hydrogen-bond acceptors (Lipinski definition) is 5. The average molecular weight is 389 g/mol. The molecule has 1 aromatic heterocycles. The Kier molecular flexibility index (Phi) is 5.93. The lowest BCUT2D eigenvalue weighted by molar-refractivity contribution is 0.0600. The number of hydrogen-bond donors (Lipinski definition) is 2. The number of carbonyl (C=O) groups excluding carboxylic acids is 2. The lowest BCUT2D eigenvalue weighted by atomic mass is 10.0. The molecule has 0 saturated heterocycles. The fourth-order valence-corrected chi connectivity index (χ4v) is 3.16. The summed E-state index contributed by atoms with van der Waals surface area (Å²) in [5, 5.41) is 6.16. The van der Waals surface area contributed by atoms with Crippen LogP contribution in [0.1, 0.15) is 37.5 Å². The molecule has 2 N–H and O–H groups in total. The second kappa shape index (κ2) is 8.56. The van der Waals surface area contributed by atoms with Gasteiger partial charge in [-0.3, -0.25) is 9.78 Å². The zero-order valence-corrected chi connectivity index (χ0v) is 16.9. The predicted molar refractivity (Wildman–Crippen MR) is 114 cm³/mol. The Bertz CT molecular complexity index is 1040. The van der Waals surface area contributed by atoms with Gasteiger partial charge < -0.3 is 15.4 Å². The molecule has 1 amide bonds. The first-order valence-corrected chi connectivity index (χ1v) is 9.18. The van der Waals surface area contributed by atoms with E-state index in [0.717, 1.165) is 28.1 Å². The van der Waals surface area contributed by atoms with Gasteiger partial charge in [0.15, 0.2) is 0 Å². The Hall–Kier alpha value is -3.67. The van der Waals surface area contributed by atoms with Gasteiger partial charge >= 0.3 is 5.97 Å². The summed E-state index contributed by atoms with van der Waals surface area (Å²) in [5.41, 5.74) is 6.25. The first-order valence-electron chi connectivity index (χ1n) is 9.18. The van der Waals surface area contributed by atoms with Crippen LogP contribution in [0.15, 0.2) is 54.7 Å². The molecule has 0 radical (unpaired) electrons. The zero-order chi connectivity index (χ0) is 21.0. The van der Waals surface area contributed by atoms with E-state index < -0.39 is 0 Å². The van der Waals surface area contributed by atoms with Crippen molar-refractivity contribution in [3.05, 3.63) is 82.7 Å². The van der Waals surface area contributed by atoms with Crippen molar-refractivity contribution in [2.24, 2.45) is 0 Å². The molecule has 1 heterocycles. The number of methoxy groups -OCH3 is 1. The number of amides is 1. The maximum atomic E-state index is 12.7. The molecule has 0 bridgehead atoms. The van der Waals surface area contributed by atoms with E-state index >= 15 is 0 Å². The van der Waals surface area contributed by atoms with Crippen LogP contribution in [0.25, 0.3) is 0 Å². The second-order valence-corrected chi connectivity index (χ2v) is 6.85. The number of anilines is 3. The van der Waals surface area contributed by atoms with Gasteiger partial charge in [0.2, 0.25) is 0 Å². The number of nitrogens with zero attached hydrogens (tertiary/aromatic N) is 1. The molecule has 29 heavy (non-hydrogen) atoms. The van der Waals surface area contributed by atoms with Crippen molar-refractivity contribution in [1.29, 1.82) is 0 Å². The van der Waals surface area contributed by atoms with Crippen LogP contribution in [0.4, 0.5) is 17.1 Å². The lowest BCUT2D eigenvalue weighted by Gasteiger charge is -2.13. The molecule has 3 rings (SSSR count). The molecule has 0 aliphatic heterocycles. The van der Waals surface area contributed by atoms with E-state index in [4.69, 9.17) is 4.74 Å². The Labute approximate surface area is 169 Å². The van der Waals surface area contributed by atoms with Crippen molar-refractivity contribution < 1.29 is 14.3 Å². The first kappa shape index (κ1) is 20.1. The predicted octanol–water partition coefficient (Wildman–Crippen LogP) is 4.79. The van der Waals surface area contributed by atoms with Gasteiger partial charge in [-0.25, -0.2) is 4.79 Å². The largest absolute Gasteiger partial charge is 0.465 e. The van der Waals surface area contributed by atoms with Gasteiger partial charge in [0.1, 0.15) is 5.69 Å². The van der Waals surface area contributed by atoms with Crippen LogP contribution in [0.5, 0.6) is 0 Å². The minimum Gasteiger partial charge on any atom is -0.465 e. The highest BCUT2D eigenvalue weighted by atomic mass is 16.5. The van der Waals surface area contributed by atoms with Gasteiger partial charge in [-0.1, -0.05) is 17.7 Å². The van der Waals surface area contributed by atoms with Crippen LogP contribution < -0.4 is 10.6 Å². The van der Waals surface area contributed by atoms with E-state index in [-0.39, 0.29) is 11.9 Å². The number of aryl methyl sites for hydroxylation is 3. The van der Waals surface area contributed by atoms with Crippen LogP contribution in [-0.4, -0.2) is 24.0 Å². The summed E-state index contributed by atoms with van der Waals surface area (Å²) in [6, 6.07) is 14.4. The summed E-state index contributed by atoms with van der Waals surface area (Å²) in [5.74, 6) is -0.661. The molecule has 0 aliphatic carbocycles. The summed E-state index contributed by atoms with van der Waals surface area (Å²) < 4.78 is 4.70. The van der Waals surface area contributed by atoms with Crippen LogP contribution in [0.3, 0.4) is 0 Å². The molecule has 0 fully saturated rings. The van der Waals surface area contributed by atoms with Crippen molar-refractivity contribution in [1.82, 2.24) is 4.98 Å². The van der Waals surface area contributed by atoms with E-state index in [0.29, 0.717) is 16.9 Å². The molecule has 148 valence electrons. The van der Waals surface area contributed by atoms with Crippen LogP contribution in [0, 0.1) is 20.8 Å². The summed E-state index contributed by atoms with van der Waals surface area (Å²) in [6.07, 6.45) is 1.58. The lowest BCUT2D eigenvalue weighted by Crippen LogP contribution is -2.15. The molecule has 0 saturated carbocycles. The quantitative estimate of drug-likeness (QED) is 0.613. The maximum absolute atomic E-state index is 12.7. The second-order valence-electron chi connectivity index (χ2n) is 6.85. The monoisotopic (exact) mass is 389 g/mol. The van der Waals surface area contributed by atoms with E-state index in [2.05, 4.69) is 15.6 Å². The number of ether oxygens (including phenoxy) is 1. The SMILES string of the molecule is COC(=O)c1ccc(Nc2ccnc(C(=O)Nc3c(C)cc(C)cc3C)c2)cc1. The molecule has 2 aromatic carbocycles. The first-order chi connectivity index (χ1) is 13.9. The minimum atomic E-state index is -0.388. The minimum absolute atomic E-state index is 0.273.